The predicted octanol–water partition coefficient (Wildman–Crippen LogP) is 3.90. The third kappa shape index (κ3) is 1.47. The molecule has 0 heterocycles. The standard InChI is InChI=1S/C16H22O/c1-10-5-4-7-16(3)8-6-12-11(2)14(17)9-13(12)15(10)16/h12-13,15H,1-2,4-9H2,3H3. The Labute approximate surface area is 104 Å². The lowest BCUT2D eigenvalue weighted by Gasteiger charge is -2.51. The van der Waals surface area contributed by atoms with Crippen LogP contribution in [0.2, 0.25) is 0 Å². The molecule has 4 atom stereocenters. The van der Waals surface area contributed by atoms with E-state index in [-0.39, 0.29) is 0 Å². The molecule has 17 heavy (non-hydrogen) atoms. The molecular weight excluding hydrogens is 208 g/mol. The van der Waals surface area contributed by atoms with E-state index < -0.39 is 0 Å². The van der Waals surface area contributed by atoms with Crippen molar-refractivity contribution in [3.05, 3.63) is 24.3 Å². The highest BCUT2D eigenvalue weighted by Crippen LogP contribution is 2.60. The van der Waals surface area contributed by atoms with Gasteiger partial charge in [-0.1, -0.05) is 25.7 Å². The molecule has 0 N–H and O–H groups in total. The normalized spacial score (nSPS) is 45.7. The van der Waals surface area contributed by atoms with E-state index in [1.54, 1.807) is 0 Å². The zero-order valence-electron chi connectivity index (χ0n) is 10.8. The van der Waals surface area contributed by atoms with E-state index in [2.05, 4.69) is 20.1 Å². The van der Waals surface area contributed by atoms with Crippen LogP contribution in [0.4, 0.5) is 0 Å². The SMILES string of the molecule is C=C1C(=O)CC2C1CCC1(C)CCCC(=C)C21. The molecule has 3 aliphatic carbocycles. The number of allylic oxidation sites excluding steroid dienone is 2. The lowest BCUT2D eigenvalue weighted by atomic mass is 9.53. The largest absolute Gasteiger partial charge is 0.295 e. The molecule has 3 fully saturated rings. The quantitative estimate of drug-likeness (QED) is 0.455. The van der Waals surface area contributed by atoms with Crippen LogP contribution in [0, 0.1) is 23.2 Å². The maximum Gasteiger partial charge on any atom is 0.158 e. The molecule has 0 aromatic heterocycles. The van der Waals surface area contributed by atoms with Crippen LogP contribution in [0.15, 0.2) is 24.3 Å². The molecule has 0 saturated heterocycles. The average Bonchev–Trinajstić information content (AvgIpc) is 2.54. The van der Waals surface area contributed by atoms with Crippen LogP contribution in [-0.2, 0) is 4.79 Å². The molecule has 0 spiro atoms. The predicted molar refractivity (Wildman–Crippen MR) is 69.6 cm³/mol. The number of rotatable bonds is 0. The Kier molecular flexibility index (Phi) is 2.36. The summed E-state index contributed by atoms with van der Waals surface area (Å²) >= 11 is 0. The summed E-state index contributed by atoms with van der Waals surface area (Å²) in [6, 6.07) is 0. The second kappa shape index (κ2) is 3.57. The fourth-order valence-electron chi connectivity index (χ4n) is 4.80. The number of fused-ring (bicyclic) bond motifs is 3. The third-order valence-corrected chi connectivity index (χ3v) is 5.63. The maximum atomic E-state index is 11.9. The van der Waals surface area contributed by atoms with Crippen molar-refractivity contribution in [2.45, 2.75) is 45.4 Å². The smallest absolute Gasteiger partial charge is 0.158 e. The topological polar surface area (TPSA) is 17.1 Å². The summed E-state index contributed by atoms with van der Waals surface area (Å²) in [5, 5.41) is 0. The van der Waals surface area contributed by atoms with Gasteiger partial charge in [-0.2, -0.15) is 0 Å². The second-order valence-corrected chi connectivity index (χ2v) is 6.61. The second-order valence-electron chi connectivity index (χ2n) is 6.61. The van der Waals surface area contributed by atoms with Crippen LogP contribution in [0.1, 0.15) is 45.4 Å². The summed E-state index contributed by atoms with van der Waals surface area (Å²) in [6.07, 6.45) is 6.95. The molecule has 3 saturated carbocycles. The Morgan fingerprint density at radius 1 is 1.29 bits per heavy atom. The van der Waals surface area contributed by atoms with Gasteiger partial charge in [0.05, 0.1) is 0 Å². The van der Waals surface area contributed by atoms with Crippen LogP contribution in [-0.4, -0.2) is 5.78 Å². The zero-order chi connectivity index (χ0) is 12.2. The van der Waals surface area contributed by atoms with E-state index in [1.165, 1.54) is 37.7 Å². The van der Waals surface area contributed by atoms with Gasteiger partial charge in [0.15, 0.2) is 5.78 Å². The Morgan fingerprint density at radius 3 is 2.82 bits per heavy atom. The minimum absolute atomic E-state index is 0.322. The first-order valence-corrected chi connectivity index (χ1v) is 6.92. The van der Waals surface area contributed by atoms with Crippen LogP contribution < -0.4 is 0 Å². The van der Waals surface area contributed by atoms with Crippen molar-refractivity contribution in [1.82, 2.24) is 0 Å². The molecule has 0 aliphatic heterocycles. The molecule has 1 heteroatoms. The number of ketones is 1. The fraction of sp³-hybridized carbons (Fsp3) is 0.688. The van der Waals surface area contributed by atoms with Crippen molar-refractivity contribution in [2.75, 3.05) is 0 Å². The van der Waals surface area contributed by atoms with E-state index >= 15 is 0 Å². The number of carbonyl (C=O) groups excluding carboxylic acids is 1. The molecule has 0 aromatic rings. The number of carbonyl (C=O) groups is 1. The Hall–Kier alpha value is -0.850. The van der Waals surface area contributed by atoms with E-state index in [9.17, 15) is 4.79 Å². The van der Waals surface area contributed by atoms with Gasteiger partial charge in [0, 0.05) is 6.42 Å². The fourth-order valence-corrected chi connectivity index (χ4v) is 4.80. The van der Waals surface area contributed by atoms with Crippen molar-refractivity contribution in [2.24, 2.45) is 23.2 Å². The highest BCUT2D eigenvalue weighted by molar-refractivity contribution is 5.98. The molecule has 4 unspecified atom stereocenters. The molecule has 0 amide bonds. The molecule has 0 aromatic carbocycles. The Bertz CT molecular complexity index is 406. The lowest BCUT2D eigenvalue weighted by molar-refractivity contribution is -0.115. The van der Waals surface area contributed by atoms with Gasteiger partial charge in [-0.05, 0) is 60.8 Å². The molecule has 92 valence electrons. The first-order valence-electron chi connectivity index (χ1n) is 6.92. The van der Waals surface area contributed by atoms with Crippen LogP contribution in [0.5, 0.6) is 0 Å². The number of Topliss-reactive ketones (excluding diaryl/α,β-unsaturated/α-hetero) is 1. The summed E-state index contributed by atoms with van der Waals surface area (Å²) < 4.78 is 0. The van der Waals surface area contributed by atoms with Crippen LogP contribution >= 0.6 is 0 Å². The van der Waals surface area contributed by atoms with E-state index in [4.69, 9.17) is 0 Å². The summed E-state index contributed by atoms with van der Waals surface area (Å²) in [7, 11) is 0. The van der Waals surface area contributed by atoms with Gasteiger partial charge in [0.1, 0.15) is 0 Å². The molecule has 1 nitrogen and oxygen atoms in total. The highest BCUT2D eigenvalue weighted by atomic mass is 16.1. The lowest BCUT2D eigenvalue weighted by Crippen LogP contribution is -2.43. The first-order chi connectivity index (χ1) is 8.03. The minimum atomic E-state index is 0.322. The minimum Gasteiger partial charge on any atom is -0.295 e. The number of hydrogen-bond donors (Lipinski definition) is 0. The Balaban J connectivity index is 1.98. The van der Waals surface area contributed by atoms with Gasteiger partial charge < -0.3 is 0 Å². The van der Waals surface area contributed by atoms with Gasteiger partial charge in [0.2, 0.25) is 0 Å². The zero-order valence-corrected chi connectivity index (χ0v) is 10.8. The Morgan fingerprint density at radius 2 is 2.06 bits per heavy atom. The van der Waals surface area contributed by atoms with Crippen LogP contribution in [0.25, 0.3) is 0 Å². The molecular formula is C16H22O. The van der Waals surface area contributed by atoms with Crippen LogP contribution in [0.3, 0.4) is 0 Å². The van der Waals surface area contributed by atoms with E-state index in [1.807, 2.05) is 0 Å². The van der Waals surface area contributed by atoms with E-state index in [0.29, 0.717) is 29.0 Å². The molecule has 3 aliphatic rings. The first kappa shape index (κ1) is 11.3. The van der Waals surface area contributed by atoms with Gasteiger partial charge in [-0.3, -0.25) is 4.79 Å². The van der Waals surface area contributed by atoms with Crippen molar-refractivity contribution in [3.63, 3.8) is 0 Å². The van der Waals surface area contributed by atoms with Gasteiger partial charge >= 0.3 is 0 Å². The molecule has 0 bridgehead atoms. The molecule has 0 radical (unpaired) electrons. The van der Waals surface area contributed by atoms with Crippen molar-refractivity contribution >= 4 is 5.78 Å². The van der Waals surface area contributed by atoms with Crippen molar-refractivity contribution < 1.29 is 4.79 Å². The average molecular weight is 230 g/mol. The van der Waals surface area contributed by atoms with Gasteiger partial charge in [-0.25, -0.2) is 0 Å². The number of hydrogen-bond acceptors (Lipinski definition) is 1. The molecule has 3 rings (SSSR count). The van der Waals surface area contributed by atoms with Crippen molar-refractivity contribution in [1.29, 1.82) is 0 Å². The summed E-state index contributed by atoms with van der Waals surface area (Å²) in [5.41, 5.74) is 2.74. The summed E-state index contributed by atoms with van der Waals surface area (Å²) in [4.78, 5) is 11.9. The van der Waals surface area contributed by atoms with E-state index in [0.717, 1.165) is 12.0 Å². The monoisotopic (exact) mass is 230 g/mol. The van der Waals surface area contributed by atoms with Gasteiger partial charge in [-0.15, -0.1) is 0 Å². The summed E-state index contributed by atoms with van der Waals surface area (Å²) in [6.45, 7) is 10.8. The summed E-state index contributed by atoms with van der Waals surface area (Å²) in [5.74, 6) is 1.90. The third-order valence-electron chi connectivity index (χ3n) is 5.63. The maximum absolute atomic E-state index is 11.9. The highest BCUT2D eigenvalue weighted by Gasteiger charge is 2.52. The van der Waals surface area contributed by atoms with Gasteiger partial charge in [0.25, 0.3) is 0 Å². The van der Waals surface area contributed by atoms with Crippen molar-refractivity contribution in [3.8, 4) is 0 Å².